The van der Waals surface area contributed by atoms with Crippen molar-refractivity contribution in [3.8, 4) is 5.75 Å². The van der Waals surface area contributed by atoms with Crippen LogP contribution in [0.3, 0.4) is 0 Å². The van der Waals surface area contributed by atoms with Gasteiger partial charge in [0.1, 0.15) is 5.75 Å². The molecule has 1 aromatic rings. The van der Waals surface area contributed by atoms with E-state index in [0.29, 0.717) is 6.42 Å². The summed E-state index contributed by atoms with van der Waals surface area (Å²) in [4.78, 5) is 24.4. The zero-order chi connectivity index (χ0) is 16.1. The van der Waals surface area contributed by atoms with Crippen LogP contribution in [-0.4, -0.2) is 18.7 Å². The number of hydrogen-bond donors (Lipinski definition) is 0. The van der Waals surface area contributed by atoms with Gasteiger partial charge in [0.15, 0.2) is 17.4 Å². The third kappa shape index (κ3) is 2.08. The molecule has 4 heteroatoms. The highest BCUT2D eigenvalue weighted by atomic mass is 19.1. The molecule has 0 bridgehead atoms. The molecular formula is C19H17FO3. The predicted octanol–water partition coefficient (Wildman–Crippen LogP) is 3.28. The molecule has 0 saturated heterocycles. The van der Waals surface area contributed by atoms with Crippen LogP contribution < -0.4 is 4.74 Å². The first-order valence-electron chi connectivity index (χ1n) is 7.92. The second-order valence-corrected chi connectivity index (χ2v) is 6.45. The molecule has 0 heterocycles. The first-order valence-corrected chi connectivity index (χ1v) is 7.92. The first kappa shape index (κ1) is 14.4. The molecule has 0 spiro atoms. The van der Waals surface area contributed by atoms with E-state index in [2.05, 4.69) is 6.08 Å². The normalized spacial score (nSPS) is 29.0. The van der Waals surface area contributed by atoms with E-state index in [4.69, 9.17) is 4.74 Å². The van der Waals surface area contributed by atoms with Crippen LogP contribution in [-0.2, 0) is 16.0 Å². The topological polar surface area (TPSA) is 43.4 Å². The number of halogens is 1. The second-order valence-electron chi connectivity index (χ2n) is 6.45. The maximum atomic E-state index is 13.8. The van der Waals surface area contributed by atoms with E-state index in [-0.39, 0.29) is 11.7 Å². The van der Waals surface area contributed by atoms with Gasteiger partial charge in [0.05, 0.1) is 7.11 Å². The Hall–Kier alpha value is -2.23. The molecule has 4 rings (SSSR count). The number of fused-ring (bicyclic) bond motifs is 5. The van der Waals surface area contributed by atoms with Gasteiger partial charge in [-0.2, -0.15) is 0 Å². The maximum absolute atomic E-state index is 13.8. The van der Waals surface area contributed by atoms with Gasteiger partial charge in [-0.15, -0.1) is 0 Å². The van der Waals surface area contributed by atoms with E-state index in [9.17, 15) is 14.0 Å². The van der Waals surface area contributed by atoms with Gasteiger partial charge in [-0.05, 0) is 54.0 Å². The molecule has 0 saturated carbocycles. The number of aryl methyl sites for hydroxylation is 1. The van der Waals surface area contributed by atoms with Crippen molar-refractivity contribution in [3.05, 3.63) is 47.3 Å². The summed E-state index contributed by atoms with van der Waals surface area (Å²) in [7, 11) is 1.64. The summed E-state index contributed by atoms with van der Waals surface area (Å²) in [5.74, 6) is -1.80. The van der Waals surface area contributed by atoms with Gasteiger partial charge in [0.25, 0.3) is 0 Å². The SMILES string of the molecule is COc1ccc2c(c1)CCC1C2=CC[C@@H]2C(=O)C=C(F)C(=O)[C@H]12. The van der Waals surface area contributed by atoms with Crippen LogP contribution in [0.25, 0.3) is 5.57 Å². The lowest BCUT2D eigenvalue weighted by atomic mass is 9.61. The van der Waals surface area contributed by atoms with Crippen LogP contribution in [0.5, 0.6) is 5.75 Å². The molecular weight excluding hydrogens is 295 g/mol. The number of ketones is 2. The molecule has 0 aliphatic heterocycles. The van der Waals surface area contributed by atoms with Gasteiger partial charge in [0.2, 0.25) is 0 Å². The minimum Gasteiger partial charge on any atom is -0.497 e. The fraction of sp³-hybridized carbons (Fsp3) is 0.368. The monoisotopic (exact) mass is 312 g/mol. The first-order chi connectivity index (χ1) is 11.1. The van der Waals surface area contributed by atoms with E-state index in [1.807, 2.05) is 18.2 Å². The average molecular weight is 312 g/mol. The number of benzene rings is 1. The van der Waals surface area contributed by atoms with Crippen molar-refractivity contribution in [2.24, 2.45) is 17.8 Å². The zero-order valence-corrected chi connectivity index (χ0v) is 12.8. The minimum absolute atomic E-state index is 0.0643. The quantitative estimate of drug-likeness (QED) is 0.799. The molecule has 3 atom stereocenters. The van der Waals surface area contributed by atoms with Gasteiger partial charge in [-0.1, -0.05) is 12.1 Å². The molecule has 1 aromatic carbocycles. The van der Waals surface area contributed by atoms with Crippen LogP contribution in [0.15, 0.2) is 36.2 Å². The van der Waals surface area contributed by atoms with E-state index in [0.717, 1.165) is 35.8 Å². The Balaban J connectivity index is 1.78. The van der Waals surface area contributed by atoms with Crippen molar-refractivity contribution in [2.45, 2.75) is 19.3 Å². The Labute approximate surface area is 133 Å². The van der Waals surface area contributed by atoms with Crippen molar-refractivity contribution < 1.29 is 18.7 Å². The van der Waals surface area contributed by atoms with Crippen LogP contribution in [0, 0.1) is 17.8 Å². The van der Waals surface area contributed by atoms with Gasteiger partial charge >= 0.3 is 0 Å². The Bertz CT molecular complexity index is 775. The van der Waals surface area contributed by atoms with E-state index >= 15 is 0 Å². The van der Waals surface area contributed by atoms with Gasteiger partial charge < -0.3 is 4.74 Å². The number of carbonyl (C=O) groups is 2. The molecule has 0 aromatic heterocycles. The highest BCUT2D eigenvalue weighted by molar-refractivity contribution is 6.10. The predicted molar refractivity (Wildman–Crippen MR) is 83.6 cm³/mol. The van der Waals surface area contributed by atoms with Crippen molar-refractivity contribution >= 4 is 17.1 Å². The summed E-state index contributed by atoms with van der Waals surface area (Å²) < 4.78 is 19.1. The number of methoxy groups -OCH3 is 1. The lowest BCUT2D eigenvalue weighted by Crippen LogP contribution is -2.42. The highest BCUT2D eigenvalue weighted by Crippen LogP contribution is 2.49. The van der Waals surface area contributed by atoms with E-state index < -0.39 is 23.4 Å². The van der Waals surface area contributed by atoms with Gasteiger partial charge in [-0.25, -0.2) is 4.39 Å². The number of carbonyl (C=O) groups excluding carboxylic acids is 2. The van der Waals surface area contributed by atoms with Crippen molar-refractivity contribution in [1.82, 2.24) is 0 Å². The second kappa shape index (κ2) is 5.15. The molecule has 0 radical (unpaired) electrons. The number of Topliss-reactive ketones (excluding diaryl/α,β-unsaturated/α-hetero) is 1. The lowest BCUT2D eigenvalue weighted by molar-refractivity contribution is -0.132. The standard InChI is InChI=1S/C19H17FO3/c1-23-11-3-5-12-10(8-11)2-4-14-13(12)6-7-15-17(21)9-16(20)19(22)18(14)15/h3,5-6,8-9,14-15,18H,2,4,7H2,1H3/t14?,15-,18-/m1/s1. The molecule has 0 N–H and O–H groups in total. The molecule has 118 valence electrons. The number of allylic oxidation sites excluding steroid dienone is 4. The Morgan fingerprint density at radius 2 is 2.04 bits per heavy atom. The summed E-state index contributed by atoms with van der Waals surface area (Å²) in [6.07, 6.45) is 5.03. The minimum atomic E-state index is -0.877. The van der Waals surface area contributed by atoms with Crippen LogP contribution in [0.1, 0.15) is 24.0 Å². The Kier molecular flexibility index (Phi) is 3.22. The van der Waals surface area contributed by atoms with Crippen molar-refractivity contribution in [3.63, 3.8) is 0 Å². The fourth-order valence-corrected chi connectivity index (χ4v) is 4.29. The summed E-state index contributed by atoms with van der Waals surface area (Å²) in [6, 6.07) is 5.93. The van der Waals surface area contributed by atoms with E-state index in [1.54, 1.807) is 7.11 Å². The highest BCUT2D eigenvalue weighted by Gasteiger charge is 2.47. The third-order valence-corrected chi connectivity index (χ3v) is 5.38. The number of ether oxygens (including phenoxy) is 1. The molecule has 1 unspecified atom stereocenters. The van der Waals surface area contributed by atoms with Gasteiger partial charge in [-0.3, -0.25) is 9.59 Å². The summed E-state index contributed by atoms with van der Waals surface area (Å²) in [5, 5.41) is 0. The summed E-state index contributed by atoms with van der Waals surface area (Å²) in [5.41, 5.74) is 3.39. The summed E-state index contributed by atoms with van der Waals surface area (Å²) in [6.45, 7) is 0. The molecule has 23 heavy (non-hydrogen) atoms. The fourth-order valence-electron chi connectivity index (χ4n) is 4.29. The number of rotatable bonds is 1. The largest absolute Gasteiger partial charge is 0.497 e. The van der Waals surface area contributed by atoms with Crippen molar-refractivity contribution in [1.29, 1.82) is 0 Å². The molecule has 0 fully saturated rings. The van der Waals surface area contributed by atoms with Crippen LogP contribution >= 0.6 is 0 Å². The van der Waals surface area contributed by atoms with Crippen LogP contribution in [0.2, 0.25) is 0 Å². The van der Waals surface area contributed by atoms with Gasteiger partial charge in [0, 0.05) is 17.9 Å². The smallest absolute Gasteiger partial charge is 0.195 e. The third-order valence-electron chi connectivity index (χ3n) is 5.38. The Morgan fingerprint density at radius 3 is 2.83 bits per heavy atom. The molecule has 3 aliphatic carbocycles. The van der Waals surface area contributed by atoms with Crippen LogP contribution in [0.4, 0.5) is 4.39 Å². The zero-order valence-electron chi connectivity index (χ0n) is 12.8. The van der Waals surface area contributed by atoms with Crippen molar-refractivity contribution in [2.75, 3.05) is 7.11 Å². The molecule has 3 aliphatic rings. The average Bonchev–Trinajstić information content (AvgIpc) is 2.58. The molecule has 0 amide bonds. The van der Waals surface area contributed by atoms with E-state index in [1.165, 1.54) is 5.56 Å². The molecule has 3 nitrogen and oxygen atoms in total. The number of hydrogen-bond acceptors (Lipinski definition) is 3. The lowest BCUT2D eigenvalue weighted by Gasteiger charge is -2.41. The Morgan fingerprint density at radius 1 is 1.22 bits per heavy atom. The maximum Gasteiger partial charge on any atom is 0.195 e. The summed E-state index contributed by atoms with van der Waals surface area (Å²) >= 11 is 0.